The van der Waals surface area contributed by atoms with Crippen LogP contribution in [0.2, 0.25) is 0 Å². The largest absolute Gasteiger partial charge is 0.504 e. The van der Waals surface area contributed by atoms with Crippen LogP contribution in [0.3, 0.4) is 0 Å². The van der Waals surface area contributed by atoms with Gasteiger partial charge in [-0.25, -0.2) is 9.59 Å². The molecule has 198 valence electrons. The van der Waals surface area contributed by atoms with Crippen LogP contribution in [0, 0.1) is 0 Å². The first-order valence-corrected chi connectivity index (χ1v) is 11.1. The molecule has 0 unspecified atom stereocenters. The second-order valence-corrected chi connectivity index (χ2v) is 8.26. The van der Waals surface area contributed by atoms with Crippen molar-refractivity contribution in [2.75, 3.05) is 27.9 Å². The summed E-state index contributed by atoms with van der Waals surface area (Å²) in [5, 5.41) is 41.8. The van der Waals surface area contributed by atoms with Gasteiger partial charge in [0.15, 0.2) is 29.1 Å². The number of aliphatic hydroxyl groups is 2. The van der Waals surface area contributed by atoms with Crippen LogP contribution in [0.15, 0.2) is 30.3 Å². The smallest absolute Gasteiger partial charge is 0.339 e. The third-order valence-corrected chi connectivity index (χ3v) is 6.12. The first kappa shape index (κ1) is 26.1. The predicted molar refractivity (Wildman–Crippen MR) is 125 cm³/mol. The number of ether oxygens (including phenoxy) is 6. The number of hydrogen-bond acceptors (Lipinski definition) is 12. The highest BCUT2D eigenvalue weighted by molar-refractivity contribution is 5.95. The molecule has 0 aromatic heterocycles. The van der Waals surface area contributed by atoms with E-state index >= 15 is 0 Å². The minimum atomic E-state index is -1.62. The summed E-state index contributed by atoms with van der Waals surface area (Å²) in [6.45, 7) is -0.462. The summed E-state index contributed by atoms with van der Waals surface area (Å²) in [6, 6.07) is 6.08. The summed E-state index contributed by atoms with van der Waals surface area (Å²) >= 11 is 0. The van der Waals surface area contributed by atoms with E-state index in [0.717, 1.165) is 12.1 Å². The van der Waals surface area contributed by atoms with Gasteiger partial charge in [0, 0.05) is 11.6 Å². The van der Waals surface area contributed by atoms with Gasteiger partial charge >= 0.3 is 11.9 Å². The normalized spacial score (nSPS) is 24.6. The van der Waals surface area contributed by atoms with Crippen molar-refractivity contribution in [3.8, 4) is 28.7 Å². The number of methoxy groups -OCH3 is 3. The molecule has 2 aromatic rings. The number of carbonyl (C=O) groups excluding carboxylic acids is 2. The van der Waals surface area contributed by atoms with Gasteiger partial charge in [-0.1, -0.05) is 6.07 Å². The van der Waals surface area contributed by atoms with Crippen LogP contribution in [-0.2, 0) is 19.0 Å². The van der Waals surface area contributed by atoms with Crippen molar-refractivity contribution in [2.45, 2.75) is 30.5 Å². The van der Waals surface area contributed by atoms with Crippen molar-refractivity contribution in [3.63, 3.8) is 0 Å². The molecule has 37 heavy (non-hydrogen) atoms. The number of hydrogen-bond donors (Lipinski definition) is 4. The SMILES string of the molecule is COc1ccc(/C=C/C(=O)OC[C@H]2O[C@H]3c4c(cc(O)c(OC)c4O)C(=O)O[C@@H]3[C@@H](O)[C@@H]2O)cc1OC. The first-order valence-electron chi connectivity index (χ1n) is 11.1. The number of fused-ring (bicyclic) bond motifs is 3. The van der Waals surface area contributed by atoms with Crippen LogP contribution in [0.25, 0.3) is 6.08 Å². The number of aliphatic hydroxyl groups excluding tert-OH is 2. The Kier molecular flexibility index (Phi) is 7.43. The summed E-state index contributed by atoms with van der Waals surface area (Å²) in [4.78, 5) is 24.7. The second-order valence-electron chi connectivity index (χ2n) is 8.26. The fraction of sp³-hybridized carbons (Fsp3) is 0.360. The predicted octanol–water partition coefficient (Wildman–Crippen LogP) is 1.08. The van der Waals surface area contributed by atoms with E-state index in [9.17, 15) is 30.0 Å². The van der Waals surface area contributed by atoms with Crippen molar-refractivity contribution >= 4 is 18.0 Å². The first-order chi connectivity index (χ1) is 17.7. The minimum Gasteiger partial charge on any atom is -0.504 e. The molecule has 12 heteroatoms. The van der Waals surface area contributed by atoms with E-state index in [1.807, 2.05) is 0 Å². The summed E-state index contributed by atoms with van der Waals surface area (Å²) < 4.78 is 31.6. The third kappa shape index (κ3) is 4.86. The van der Waals surface area contributed by atoms with Crippen molar-refractivity contribution < 1.29 is 58.4 Å². The fourth-order valence-corrected chi connectivity index (χ4v) is 4.27. The molecule has 0 amide bonds. The molecular formula is C25H26O12. The van der Waals surface area contributed by atoms with Gasteiger partial charge < -0.3 is 48.8 Å². The molecule has 0 saturated carbocycles. The molecular weight excluding hydrogens is 492 g/mol. The third-order valence-electron chi connectivity index (χ3n) is 6.12. The maximum Gasteiger partial charge on any atom is 0.339 e. The molecule has 1 saturated heterocycles. The van der Waals surface area contributed by atoms with E-state index in [4.69, 9.17) is 28.4 Å². The van der Waals surface area contributed by atoms with Crippen LogP contribution in [0.5, 0.6) is 28.7 Å². The van der Waals surface area contributed by atoms with Gasteiger partial charge in [-0.15, -0.1) is 0 Å². The lowest BCUT2D eigenvalue weighted by molar-refractivity contribution is -0.237. The summed E-state index contributed by atoms with van der Waals surface area (Å²) in [5.74, 6) is -2.09. The zero-order valence-electron chi connectivity index (χ0n) is 20.1. The van der Waals surface area contributed by atoms with Gasteiger partial charge in [-0.3, -0.25) is 0 Å². The molecule has 12 nitrogen and oxygen atoms in total. The van der Waals surface area contributed by atoms with E-state index in [1.54, 1.807) is 18.2 Å². The maximum absolute atomic E-state index is 12.4. The number of phenolic OH excluding ortho intramolecular Hbond substituents is 2. The van der Waals surface area contributed by atoms with E-state index in [-0.39, 0.29) is 16.9 Å². The van der Waals surface area contributed by atoms with E-state index in [1.165, 1.54) is 27.4 Å². The molecule has 1 fully saturated rings. The lowest BCUT2D eigenvalue weighted by Crippen LogP contribution is -2.58. The highest BCUT2D eigenvalue weighted by atomic mass is 16.6. The topological polar surface area (TPSA) is 170 Å². The van der Waals surface area contributed by atoms with Gasteiger partial charge in [0.05, 0.1) is 26.9 Å². The fourth-order valence-electron chi connectivity index (χ4n) is 4.27. The van der Waals surface area contributed by atoms with Gasteiger partial charge in [-0.05, 0) is 29.8 Å². The summed E-state index contributed by atoms with van der Waals surface area (Å²) in [6.07, 6.45) is -4.41. The van der Waals surface area contributed by atoms with Crippen molar-refractivity contribution in [1.29, 1.82) is 0 Å². The Morgan fingerprint density at radius 2 is 1.76 bits per heavy atom. The van der Waals surface area contributed by atoms with Crippen LogP contribution in [-0.4, -0.2) is 84.7 Å². The zero-order chi connectivity index (χ0) is 26.9. The monoisotopic (exact) mass is 518 g/mol. The van der Waals surface area contributed by atoms with Crippen LogP contribution in [0.1, 0.15) is 27.6 Å². The van der Waals surface area contributed by atoms with Crippen molar-refractivity contribution in [2.24, 2.45) is 0 Å². The second kappa shape index (κ2) is 10.5. The number of rotatable bonds is 7. The molecule has 0 radical (unpaired) electrons. The molecule has 4 N–H and O–H groups in total. The molecule has 5 atom stereocenters. The lowest BCUT2D eigenvalue weighted by Gasteiger charge is -2.44. The molecule has 2 heterocycles. The summed E-state index contributed by atoms with van der Waals surface area (Å²) in [5.41, 5.74) is 0.343. The molecule has 0 bridgehead atoms. The van der Waals surface area contributed by atoms with Gasteiger partial charge in [-0.2, -0.15) is 0 Å². The average molecular weight is 518 g/mol. The zero-order valence-corrected chi connectivity index (χ0v) is 20.1. The Balaban J connectivity index is 1.50. The van der Waals surface area contributed by atoms with E-state index < -0.39 is 60.6 Å². The number of esters is 2. The molecule has 2 aromatic carbocycles. The van der Waals surface area contributed by atoms with Gasteiger partial charge in [0.25, 0.3) is 0 Å². The highest BCUT2D eigenvalue weighted by Gasteiger charge is 2.52. The van der Waals surface area contributed by atoms with Gasteiger partial charge in [0.2, 0.25) is 5.75 Å². The standard InChI is InChI=1S/C25H26O12/c1-32-14-6-4-11(8-15(14)33-2)5-7-17(27)35-10-16-19(28)21(30)24-23(36-16)18-12(25(31)37-24)9-13(26)22(34-3)20(18)29/h4-9,16,19,21,23-24,26,28-30H,10H2,1-3H3/b7-5+/t16-,19-,21+,23+,24-/m1/s1. The maximum atomic E-state index is 12.4. The molecule has 0 spiro atoms. The lowest BCUT2D eigenvalue weighted by atomic mass is 9.86. The Morgan fingerprint density at radius 3 is 2.43 bits per heavy atom. The van der Waals surface area contributed by atoms with Crippen LogP contribution >= 0.6 is 0 Å². The number of carbonyl (C=O) groups is 2. The average Bonchev–Trinajstić information content (AvgIpc) is 2.89. The van der Waals surface area contributed by atoms with Crippen molar-refractivity contribution in [3.05, 3.63) is 47.0 Å². The summed E-state index contributed by atoms with van der Waals surface area (Å²) in [7, 11) is 4.19. The van der Waals surface area contributed by atoms with Crippen molar-refractivity contribution in [1.82, 2.24) is 0 Å². The Morgan fingerprint density at radius 1 is 1.03 bits per heavy atom. The molecule has 2 aliphatic rings. The highest BCUT2D eigenvalue weighted by Crippen LogP contribution is 2.49. The van der Waals surface area contributed by atoms with Crippen LogP contribution < -0.4 is 14.2 Å². The molecule has 2 aliphatic heterocycles. The van der Waals surface area contributed by atoms with E-state index in [2.05, 4.69) is 0 Å². The number of benzene rings is 2. The molecule has 4 rings (SSSR count). The number of aromatic hydroxyl groups is 2. The Hall–Kier alpha value is -4.00. The van der Waals surface area contributed by atoms with E-state index in [0.29, 0.717) is 17.1 Å². The van der Waals surface area contributed by atoms with Gasteiger partial charge in [0.1, 0.15) is 31.0 Å². The van der Waals surface area contributed by atoms with Crippen LogP contribution in [0.4, 0.5) is 0 Å². The number of phenols is 2. The Labute approximate surface area is 211 Å². The molecule has 0 aliphatic carbocycles. The Bertz CT molecular complexity index is 1220. The quantitative estimate of drug-likeness (QED) is 0.304. The minimum absolute atomic E-state index is 0.0912.